The highest BCUT2D eigenvalue weighted by molar-refractivity contribution is 5.59. The van der Waals surface area contributed by atoms with Gasteiger partial charge in [-0.2, -0.15) is 0 Å². The largest absolute Gasteiger partial charge is 0.383 e. The summed E-state index contributed by atoms with van der Waals surface area (Å²) in [6.45, 7) is 0.632. The predicted octanol–water partition coefficient (Wildman–Crippen LogP) is 1.78. The van der Waals surface area contributed by atoms with Crippen LogP contribution in [0.1, 0.15) is 11.1 Å². The third-order valence-electron chi connectivity index (χ3n) is 3.71. The minimum atomic E-state index is -0.522. The molecule has 0 saturated heterocycles. The number of aromatic nitrogens is 2. The van der Waals surface area contributed by atoms with Gasteiger partial charge in [0.15, 0.2) is 0 Å². The first-order valence-electron chi connectivity index (χ1n) is 7.59. The van der Waals surface area contributed by atoms with Gasteiger partial charge >= 0.3 is 5.69 Å². The van der Waals surface area contributed by atoms with E-state index in [2.05, 4.69) is 10.3 Å². The third kappa shape index (κ3) is 3.38. The number of hydrogen-bond donors (Lipinski definition) is 3. The second kappa shape index (κ2) is 6.87. The fourth-order valence-corrected chi connectivity index (χ4v) is 2.45. The first kappa shape index (κ1) is 15.6. The molecule has 0 aliphatic heterocycles. The molecule has 0 amide bonds. The van der Waals surface area contributed by atoms with Gasteiger partial charge in [0.1, 0.15) is 11.5 Å². The van der Waals surface area contributed by atoms with Crippen LogP contribution in [0.5, 0.6) is 0 Å². The molecule has 0 fully saturated rings. The lowest BCUT2D eigenvalue weighted by Gasteiger charge is -2.12. The fourth-order valence-electron chi connectivity index (χ4n) is 2.45. The molecule has 0 aliphatic carbocycles. The standard InChI is InChI=1S/C18H18N4O2/c19-16-15(20-11-13-7-3-1-4-8-13)17(23)22(18(24)21-16)12-14-9-5-2-6-10-14/h1-10,20H,11-12,19H2,(H,21,24). The van der Waals surface area contributed by atoms with Gasteiger partial charge in [-0.05, 0) is 11.1 Å². The summed E-state index contributed by atoms with van der Waals surface area (Å²) in [5.41, 5.74) is 6.94. The van der Waals surface area contributed by atoms with E-state index in [0.29, 0.717) is 6.54 Å². The van der Waals surface area contributed by atoms with Gasteiger partial charge in [-0.3, -0.25) is 14.3 Å². The molecule has 0 radical (unpaired) electrons. The van der Waals surface area contributed by atoms with E-state index in [0.717, 1.165) is 15.7 Å². The second-order valence-corrected chi connectivity index (χ2v) is 5.43. The third-order valence-corrected chi connectivity index (χ3v) is 3.71. The maximum Gasteiger partial charge on any atom is 0.330 e. The monoisotopic (exact) mass is 322 g/mol. The Morgan fingerprint density at radius 3 is 2.12 bits per heavy atom. The fraction of sp³-hybridized carbons (Fsp3) is 0.111. The molecule has 1 heterocycles. The number of H-pyrrole nitrogens is 1. The molecule has 3 aromatic rings. The van der Waals surface area contributed by atoms with Crippen LogP contribution in [0, 0.1) is 0 Å². The van der Waals surface area contributed by atoms with Crippen LogP contribution in [0.4, 0.5) is 11.5 Å². The summed E-state index contributed by atoms with van der Waals surface area (Å²) in [5.74, 6) is 0.0465. The zero-order valence-electron chi connectivity index (χ0n) is 13.0. The molecule has 0 atom stereocenters. The number of benzene rings is 2. The SMILES string of the molecule is Nc1[nH]c(=O)n(Cc2ccccc2)c(=O)c1NCc1ccccc1. The Labute approximate surface area is 138 Å². The molecule has 3 rings (SSSR count). The molecule has 2 aromatic carbocycles. The lowest BCUT2D eigenvalue weighted by Crippen LogP contribution is -2.37. The normalized spacial score (nSPS) is 10.5. The number of nitrogens with zero attached hydrogens (tertiary/aromatic N) is 1. The molecule has 24 heavy (non-hydrogen) atoms. The molecule has 6 heteroatoms. The predicted molar refractivity (Wildman–Crippen MR) is 95.0 cm³/mol. The number of nitrogens with two attached hydrogens (primary N) is 1. The molecule has 122 valence electrons. The smallest absolute Gasteiger partial charge is 0.330 e. The van der Waals surface area contributed by atoms with Crippen molar-refractivity contribution in [2.24, 2.45) is 0 Å². The maximum absolute atomic E-state index is 12.6. The summed E-state index contributed by atoms with van der Waals surface area (Å²) in [6, 6.07) is 19.0. The highest BCUT2D eigenvalue weighted by atomic mass is 16.2. The van der Waals surface area contributed by atoms with Crippen LogP contribution in [-0.2, 0) is 13.1 Å². The van der Waals surface area contributed by atoms with Gasteiger partial charge in [0.25, 0.3) is 5.56 Å². The molecular weight excluding hydrogens is 304 g/mol. The average Bonchev–Trinajstić information content (AvgIpc) is 2.60. The van der Waals surface area contributed by atoms with Gasteiger partial charge in [0, 0.05) is 6.54 Å². The van der Waals surface area contributed by atoms with Gasteiger partial charge in [-0.15, -0.1) is 0 Å². The average molecular weight is 322 g/mol. The van der Waals surface area contributed by atoms with Crippen molar-refractivity contribution in [1.29, 1.82) is 0 Å². The van der Waals surface area contributed by atoms with Crippen molar-refractivity contribution >= 4 is 11.5 Å². The highest BCUT2D eigenvalue weighted by Gasteiger charge is 2.12. The number of hydrogen-bond acceptors (Lipinski definition) is 4. The lowest BCUT2D eigenvalue weighted by atomic mass is 10.2. The molecule has 0 saturated carbocycles. The summed E-state index contributed by atoms with van der Waals surface area (Å²) < 4.78 is 1.14. The Balaban J connectivity index is 1.91. The van der Waals surface area contributed by atoms with Gasteiger partial charge in [-0.1, -0.05) is 60.7 Å². The minimum Gasteiger partial charge on any atom is -0.383 e. The van der Waals surface area contributed by atoms with Crippen LogP contribution in [0.25, 0.3) is 0 Å². The quantitative estimate of drug-likeness (QED) is 0.667. The van der Waals surface area contributed by atoms with Gasteiger partial charge < -0.3 is 11.1 Å². The Morgan fingerprint density at radius 2 is 1.50 bits per heavy atom. The number of nitrogen functional groups attached to an aromatic ring is 1. The molecular formula is C18H18N4O2. The van der Waals surface area contributed by atoms with Crippen molar-refractivity contribution < 1.29 is 0 Å². The highest BCUT2D eigenvalue weighted by Crippen LogP contribution is 2.10. The van der Waals surface area contributed by atoms with E-state index in [4.69, 9.17) is 5.73 Å². The molecule has 0 bridgehead atoms. The molecule has 0 unspecified atom stereocenters. The topological polar surface area (TPSA) is 92.9 Å². The molecule has 0 spiro atoms. The van der Waals surface area contributed by atoms with E-state index >= 15 is 0 Å². The zero-order valence-corrected chi connectivity index (χ0v) is 13.0. The zero-order chi connectivity index (χ0) is 16.9. The van der Waals surface area contributed by atoms with Crippen molar-refractivity contribution in [2.75, 3.05) is 11.1 Å². The number of nitrogens with one attached hydrogen (secondary N) is 2. The van der Waals surface area contributed by atoms with Crippen molar-refractivity contribution in [2.45, 2.75) is 13.1 Å². The van der Waals surface area contributed by atoms with Crippen molar-refractivity contribution in [3.05, 3.63) is 92.6 Å². The van der Waals surface area contributed by atoms with Gasteiger partial charge in [0.05, 0.1) is 6.54 Å². The number of rotatable bonds is 5. The summed E-state index contributed by atoms with van der Waals surface area (Å²) in [5, 5.41) is 3.02. The summed E-state index contributed by atoms with van der Waals surface area (Å²) >= 11 is 0. The Bertz CT molecular complexity index is 931. The lowest BCUT2D eigenvalue weighted by molar-refractivity contribution is 0.702. The van der Waals surface area contributed by atoms with Gasteiger partial charge in [0.2, 0.25) is 0 Å². The van der Waals surface area contributed by atoms with Crippen molar-refractivity contribution in [1.82, 2.24) is 9.55 Å². The van der Waals surface area contributed by atoms with E-state index in [9.17, 15) is 9.59 Å². The van der Waals surface area contributed by atoms with Crippen molar-refractivity contribution in [3.63, 3.8) is 0 Å². The maximum atomic E-state index is 12.6. The van der Waals surface area contributed by atoms with E-state index in [1.807, 2.05) is 60.7 Å². The Morgan fingerprint density at radius 1 is 0.917 bits per heavy atom. The van der Waals surface area contributed by atoms with Crippen LogP contribution in [-0.4, -0.2) is 9.55 Å². The minimum absolute atomic E-state index is 0.0465. The molecule has 4 N–H and O–H groups in total. The van der Waals surface area contributed by atoms with E-state index < -0.39 is 11.2 Å². The van der Waals surface area contributed by atoms with E-state index in [1.54, 1.807) is 0 Å². The molecule has 0 aliphatic rings. The summed E-state index contributed by atoms with van der Waals surface area (Å²) in [6.07, 6.45) is 0. The Hall–Kier alpha value is -3.28. The van der Waals surface area contributed by atoms with Crippen molar-refractivity contribution in [3.8, 4) is 0 Å². The summed E-state index contributed by atoms with van der Waals surface area (Å²) in [4.78, 5) is 27.3. The van der Waals surface area contributed by atoms with Crippen LogP contribution in [0.15, 0.2) is 70.3 Å². The second-order valence-electron chi connectivity index (χ2n) is 5.43. The number of anilines is 2. The summed E-state index contributed by atoms with van der Waals surface area (Å²) in [7, 11) is 0. The van der Waals surface area contributed by atoms with Crippen LogP contribution < -0.4 is 22.3 Å². The number of aromatic amines is 1. The van der Waals surface area contributed by atoms with Crippen LogP contribution in [0.3, 0.4) is 0 Å². The van der Waals surface area contributed by atoms with E-state index in [-0.39, 0.29) is 18.1 Å². The first-order chi connectivity index (χ1) is 11.6. The molecule has 6 nitrogen and oxygen atoms in total. The van der Waals surface area contributed by atoms with Gasteiger partial charge in [-0.25, -0.2) is 4.79 Å². The van der Waals surface area contributed by atoms with Crippen LogP contribution >= 0.6 is 0 Å². The molecule has 1 aromatic heterocycles. The van der Waals surface area contributed by atoms with E-state index in [1.165, 1.54) is 0 Å². The first-order valence-corrected chi connectivity index (χ1v) is 7.59. The van der Waals surface area contributed by atoms with Crippen LogP contribution in [0.2, 0.25) is 0 Å². The Kier molecular flexibility index (Phi) is 4.47.